The summed E-state index contributed by atoms with van der Waals surface area (Å²) in [4.78, 5) is 26.8. The van der Waals surface area contributed by atoms with Crippen molar-refractivity contribution in [3.05, 3.63) is 54.6 Å². The summed E-state index contributed by atoms with van der Waals surface area (Å²) in [6.45, 7) is 10.9. The molecule has 2 aliphatic rings. The van der Waals surface area contributed by atoms with E-state index in [2.05, 4.69) is 122 Å². The van der Waals surface area contributed by atoms with Crippen LogP contribution in [0.3, 0.4) is 0 Å². The normalized spacial score (nSPS) is 20.7. The Balaban J connectivity index is 1.11. The monoisotopic (exact) mass is 574 g/mol. The number of fused-ring (bicyclic) bond motifs is 3. The number of nitrogens with zero attached hydrogens (tertiary/aromatic N) is 7. The van der Waals surface area contributed by atoms with Crippen LogP contribution in [0.2, 0.25) is 0 Å². The average Bonchev–Trinajstić information content (AvgIpc) is 3.72. The first kappa shape index (κ1) is 26.2. The number of H-pyrrole nitrogens is 3. The fraction of sp³-hybridized carbons (Fsp3) is 0.364. The fourth-order valence-electron chi connectivity index (χ4n) is 6.99. The number of hydrogen-bond donors (Lipinski definition) is 3. The SMILES string of the molecule is CC1CN(C)CCN1c1ccc2nc(-c3ccc4[nH]nc(-c5nc6ccc(N7CCN(C)CC7C)cc6[nH]5)c4c3)[nH]c2c1. The third-order valence-corrected chi connectivity index (χ3v) is 9.32. The zero-order chi connectivity index (χ0) is 29.2. The van der Waals surface area contributed by atoms with Crippen LogP contribution in [-0.2, 0) is 0 Å². The summed E-state index contributed by atoms with van der Waals surface area (Å²) in [6, 6.07) is 20.3. The number of imidazole rings is 2. The van der Waals surface area contributed by atoms with Crippen molar-refractivity contribution in [1.29, 1.82) is 0 Å². The minimum Gasteiger partial charge on any atom is -0.366 e. The van der Waals surface area contributed by atoms with Gasteiger partial charge in [-0.25, -0.2) is 9.97 Å². The molecule has 0 spiro atoms. The minimum atomic E-state index is 0.465. The zero-order valence-electron chi connectivity index (χ0n) is 25.2. The standard InChI is InChI=1S/C33H38N10/c1-20-18-40(3)11-13-42(20)23-6-9-27-29(16-23)36-32(34-27)22-5-8-26-25(15-22)31(39-38-26)33-35-28-10-7-24(17-30(28)37-33)43-14-12-41(4)19-21(43)2/h5-10,15-17,20-21H,11-14,18-19H2,1-4H3,(H,34,36)(H,35,37)(H,38,39). The lowest BCUT2D eigenvalue weighted by Crippen LogP contribution is -2.50. The number of piperazine rings is 2. The predicted octanol–water partition coefficient (Wildman–Crippen LogP) is 4.93. The Hall–Kier alpha value is -4.41. The van der Waals surface area contributed by atoms with Crippen molar-refractivity contribution < 1.29 is 0 Å². The highest BCUT2D eigenvalue weighted by atomic mass is 15.3. The lowest BCUT2D eigenvalue weighted by Gasteiger charge is -2.39. The van der Waals surface area contributed by atoms with Gasteiger partial charge in [0.05, 0.1) is 27.6 Å². The number of benzene rings is 3. The van der Waals surface area contributed by atoms with Crippen LogP contribution in [0.25, 0.3) is 55.9 Å². The summed E-state index contributed by atoms with van der Waals surface area (Å²) < 4.78 is 0. The van der Waals surface area contributed by atoms with Gasteiger partial charge in [-0.3, -0.25) is 5.10 Å². The molecular weight excluding hydrogens is 536 g/mol. The molecule has 8 rings (SSSR count). The van der Waals surface area contributed by atoms with Crippen LogP contribution in [0.4, 0.5) is 11.4 Å². The van der Waals surface area contributed by atoms with Gasteiger partial charge < -0.3 is 29.6 Å². The second-order valence-corrected chi connectivity index (χ2v) is 12.5. The summed E-state index contributed by atoms with van der Waals surface area (Å²) in [5, 5.41) is 8.88. The molecule has 2 saturated heterocycles. The highest BCUT2D eigenvalue weighted by Gasteiger charge is 2.24. The van der Waals surface area contributed by atoms with Gasteiger partial charge in [-0.05, 0) is 82.5 Å². The molecule has 2 atom stereocenters. The molecule has 2 aliphatic heterocycles. The van der Waals surface area contributed by atoms with Gasteiger partial charge in [0, 0.05) is 73.7 Å². The maximum absolute atomic E-state index is 4.95. The first-order valence-corrected chi connectivity index (χ1v) is 15.3. The van der Waals surface area contributed by atoms with E-state index >= 15 is 0 Å². The molecule has 0 amide bonds. The van der Waals surface area contributed by atoms with E-state index in [0.29, 0.717) is 12.1 Å². The second kappa shape index (κ2) is 10.1. The number of hydrogen-bond acceptors (Lipinski definition) is 7. The lowest BCUT2D eigenvalue weighted by molar-refractivity contribution is 0.275. The van der Waals surface area contributed by atoms with E-state index in [1.807, 2.05) is 0 Å². The van der Waals surface area contributed by atoms with Crippen LogP contribution in [0.5, 0.6) is 0 Å². The van der Waals surface area contributed by atoms with Crippen molar-refractivity contribution in [1.82, 2.24) is 39.9 Å². The maximum atomic E-state index is 4.95. The summed E-state index contributed by atoms with van der Waals surface area (Å²) in [5.41, 5.74) is 9.24. The molecule has 10 heteroatoms. The molecule has 2 fully saturated rings. The van der Waals surface area contributed by atoms with Crippen LogP contribution in [-0.4, -0.2) is 105 Å². The smallest absolute Gasteiger partial charge is 0.159 e. The largest absolute Gasteiger partial charge is 0.366 e. The fourth-order valence-corrected chi connectivity index (χ4v) is 6.99. The Morgan fingerprint density at radius 3 is 1.84 bits per heavy atom. The highest BCUT2D eigenvalue weighted by Crippen LogP contribution is 2.32. The van der Waals surface area contributed by atoms with Crippen molar-refractivity contribution in [2.75, 3.05) is 63.2 Å². The Morgan fingerprint density at radius 1 is 0.651 bits per heavy atom. The second-order valence-electron chi connectivity index (χ2n) is 12.5. The number of likely N-dealkylation sites (N-methyl/N-ethyl adjacent to an activating group) is 2. The molecule has 10 nitrogen and oxygen atoms in total. The van der Waals surface area contributed by atoms with Gasteiger partial charge in [-0.2, -0.15) is 5.10 Å². The average molecular weight is 575 g/mol. The molecule has 43 heavy (non-hydrogen) atoms. The maximum Gasteiger partial charge on any atom is 0.159 e. The van der Waals surface area contributed by atoms with Crippen LogP contribution < -0.4 is 9.80 Å². The molecule has 3 aromatic carbocycles. The molecule has 0 saturated carbocycles. The number of aromatic nitrogens is 6. The summed E-state index contributed by atoms with van der Waals surface area (Å²) in [7, 11) is 4.39. The number of rotatable bonds is 4. The first-order valence-electron chi connectivity index (χ1n) is 15.3. The highest BCUT2D eigenvalue weighted by molar-refractivity contribution is 5.96. The van der Waals surface area contributed by atoms with Gasteiger partial charge in [0.1, 0.15) is 11.5 Å². The Labute approximate surface area is 250 Å². The van der Waals surface area contributed by atoms with Crippen LogP contribution >= 0.6 is 0 Å². The first-order chi connectivity index (χ1) is 20.9. The van der Waals surface area contributed by atoms with Gasteiger partial charge in [-0.15, -0.1) is 0 Å². The molecule has 0 bridgehead atoms. The molecule has 3 N–H and O–H groups in total. The van der Waals surface area contributed by atoms with Crippen molar-refractivity contribution in [3.63, 3.8) is 0 Å². The van der Waals surface area contributed by atoms with Crippen molar-refractivity contribution in [2.45, 2.75) is 25.9 Å². The van der Waals surface area contributed by atoms with E-state index in [9.17, 15) is 0 Å². The molecule has 0 aliphatic carbocycles. The van der Waals surface area contributed by atoms with Gasteiger partial charge in [0.2, 0.25) is 0 Å². The van der Waals surface area contributed by atoms with Crippen molar-refractivity contribution in [2.24, 2.45) is 0 Å². The quantitative estimate of drug-likeness (QED) is 0.275. The third-order valence-electron chi connectivity index (χ3n) is 9.32. The lowest BCUT2D eigenvalue weighted by atomic mass is 10.1. The van der Waals surface area contributed by atoms with E-state index in [4.69, 9.17) is 9.97 Å². The van der Waals surface area contributed by atoms with Crippen LogP contribution in [0.1, 0.15) is 13.8 Å². The molecule has 2 unspecified atom stereocenters. The van der Waals surface area contributed by atoms with E-state index in [0.717, 1.165) is 95.1 Å². The van der Waals surface area contributed by atoms with Gasteiger partial charge >= 0.3 is 0 Å². The molecule has 0 radical (unpaired) electrons. The Kier molecular flexibility index (Phi) is 6.16. The van der Waals surface area contributed by atoms with Crippen LogP contribution in [0, 0.1) is 0 Å². The number of aromatic amines is 3. The van der Waals surface area contributed by atoms with Gasteiger partial charge in [-0.1, -0.05) is 0 Å². The topological polar surface area (TPSA) is 99.0 Å². The van der Waals surface area contributed by atoms with E-state index in [1.165, 1.54) is 11.4 Å². The molecule has 6 aromatic rings. The third kappa shape index (κ3) is 4.61. The molecular formula is C33H38N10. The van der Waals surface area contributed by atoms with Crippen LogP contribution in [0.15, 0.2) is 54.6 Å². The molecule has 5 heterocycles. The van der Waals surface area contributed by atoms with Crippen molar-refractivity contribution in [3.8, 4) is 22.9 Å². The van der Waals surface area contributed by atoms with Crippen molar-refractivity contribution >= 4 is 44.3 Å². The van der Waals surface area contributed by atoms with E-state index in [1.54, 1.807) is 0 Å². The van der Waals surface area contributed by atoms with Gasteiger partial charge in [0.15, 0.2) is 5.82 Å². The molecule has 3 aromatic heterocycles. The van der Waals surface area contributed by atoms with E-state index in [-0.39, 0.29) is 0 Å². The van der Waals surface area contributed by atoms with E-state index < -0.39 is 0 Å². The summed E-state index contributed by atoms with van der Waals surface area (Å²) >= 11 is 0. The summed E-state index contributed by atoms with van der Waals surface area (Å²) in [6.07, 6.45) is 0. The van der Waals surface area contributed by atoms with Gasteiger partial charge in [0.25, 0.3) is 0 Å². The predicted molar refractivity (Wildman–Crippen MR) is 175 cm³/mol. The summed E-state index contributed by atoms with van der Waals surface area (Å²) in [5.74, 6) is 1.61. The number of anilines is 2. The Bertz CT molecular complexity index is 1950. The molecule has 220 valence electrons. The Morgan fingerprint density at radius 2 is 1.23 bits per heavy atom. The minimum absolute atomic E-state index is 0.465. The zero-order valence-corrected chi connectivity index (χ0v) is 25.2. The number of nitrogens with one attached hydrogen (secondary N) is 3.